The zero-order valence-corrected chi connectivity index (χ0v) is 9.86. The lowest BCUT2D eigenvalue weighted by molar-refractivity contribution is -0.345. The van der Waals surface area contributed by atoms with Gasteiger partial charge in [0, 0.05) is 13.2 Å². The molecule has 0 fully saturated rings. The van der Waals surface area contributed by atoms with Crippen molar-refractivity contribution in [3.8, 4) is 6.07 Å². The average Bonchev–Trinajstić information content (AvgIpc) is 2.30. The molecule has 0 aromatic carbocycles. The highest BCUT2D eigenvalue weighted by Crippen LogP contribution is 2.09. The maximum absolute atomic E-state index is 11.4. The van der Waals surface area contributed by atoms with Gasteiger partial charge in [-0.3, -0.25) is 4.89 Å². The Morgan fingerprint density at radius 3 is 2.62 bits per heavy atom. The summed E-state index contributed by atoms with van der Waals surface area (Å²) in [5, 5.41) is 8.48. The fourth-order valence-electron chi connectivity index (χ4n) is 1.01. The number of nitrogens with zero attached hydrogens (tertiary/aromatic N) is 1. The van der Waals surface area contributed by atoms with E-state index in [0.717, 1.165) is 6.42 Å². The van der Waals surface area contributed by atoms with Crippen LogP contribution in [0.2, 0.25) is 0 Å². The summed E-state index contributed by atoms with van der Waals surface area (Å²) in [6, 6.07) is 1.80. The minimum Gasteiger partial charge on any atom is -0.352 e. The van der Waals surface area contributed by atoms with Gasteiger partial charge in [-0.05, 0) is 12.8 Å². The van der Waals surface area contributed by atoms with Crippen molar-refractivity contribution in [1.29, 1.82) is 5.26 Å². The summed E-state index contributed by atoms with van der Waals surface area (Å²) in [5.74, 6) is -0.640. The Kier molecular flexibility index (Phi) is 8.12. The number of rotatable bonds is 7. The number of nitriles is 1. The number of hydrogen-bond donors (Lipinski definition) is 0. The molecule has 90 valence electrons. The summed E-state index contributed by atoms with van der Waals surface area (Å²) in [5.41, 5.74) is 0.302. The van der Waals surface area contributed by atoms with Crippen molar-refractivity contribution < 1.29 is 19.3 Å². The van der Waals surface area contributed by atoms with E-state index in [4.69, 9.17) is 14.9 Å². The molecule has 0 N–H and O–H groups in total. The first-order chi connectivity index (χ1) is 7.69. The van der Waals surface area contributed by atoms with Crippen LogP contribution in [0.15, 0.2) is 11.6 Å². The lowest BCUT2D eigenvalue weighted by Crippen LogP contribution is -2.18. The predicted molar refractivity (Wildman–Crippen MR) is 56.9 cm³/mol. The predicted octanol–water partition coefficient (Wildman–Crippen LogP) is 2.09. The van der Waals surface area contributed by atoms with Gasteiger partial charge in [-0.15, -0.1) is 0 Å². The van der Waals surface area contributed by atoms with E-state index in [2.05, 4.69) is 4.89 Å². The van der Waals surface area contributed by atoms with Crippen LogP contribution in [0.3, 0.4) is 0 Å². The van der Waals surface area contributed by atoms with E-state index in [1.807, 2.05) is 13.8 Å². The standard InChI is InChI=1S/C11H17NO4/c1-4-6-9(7-8-12)11(13)16-15-10(5-2)14-3/h7,10H,4-6H2,1-3H3/b9-7+. The fourth-order valence-corrected chi connectivity index (χ4v) is 1.01. The lowest BCUT2D eigenvalue weighted by atomic mass is 10.1. The molecule has 0 bridgehead atoms. The molecular formula is C11H17NO4. The largest absolute Gasteiger partial charge is 0.369 e. The van der Waals surface area contributed by atoms with E-state index in [0.29, 0.717) is 18.4 Å². The number of carbonyl (C=O) groups is 1. The second kappa shape index (κ2) is 8.89. The second-order valence-corrected chi connectivity index (χ2v) is 3.09. The summed E-state index contributed by atoms with van der Waals surface area (Å²) in [6.07, 6.45) is 2.40. The molecule has 16 heavy (non-hydrogen) atoms. The van der Waals surface area contributed by atoms with Crippen LogP contribution < -0.4 is 0 Å². The van der Waals surface area contributed by atoms with Gasteiger partial charge in [0.2, 0.25) is 6.29 Å². The molecule has 1 atom stereocenters. The molecule has 0 amide bonds. The Morgan fingerprint density at radius 2 is 2.19 bits per heavy atom. The van der Waals surface area contributed by atoms with Gasteiger partial charge in [0.15, 0.2) is 0 Å². The first-order valence-corrected chi connectivity index (χ1v) is 5.18. The zero-order valence-electron chi connectivity index (χ0n) is 9.86. The molecule has 0 aliphatic carbocycles. The lowest BCUT2D eigenvalue weighted by Gasteiger charge is -2.12. The molecule has 0 aliphatic heterocycles. The van der Waals surface area contributed by atoms with Crippen molar-refractivity contribution in [2.45, 2.75) is 39.4 Å². The Bertz CT molecular complexity index is 276. The highest BCUT2D eigenvalue weighted by atomic mass is 17.2. The molecule has 0 radical (unpaired) electrons. The Balaban J connectivity index is 4.22. The smallest absolute Gasteiger partial charge is 0.352 e. The third-order valence-corrected chi connectivity index (χ3v) is 1.85. The van der Waals surface area contributed by atoms with Gasteiger partial charge in [0.25, 0.3) is 0 Å². The van der Waals surface area contributed by atoms with E-state index in [9.17, 15) is 4.79 Å². The number of allylic oxidation sites excluding steroid dienone is 1. The van der Waals surface area contributed by atoms with Crippen LogP contribution in [0.1, 0.15) is 33.1 Å². The average molecular weight is 227 g/mol. The molecule has 1 unspecified atom stereocenters. The number of methoxy groups -OCH3 is 1. The third kappa shape index (κ3) is 5.49. The van der Waals surface area contributed by atoms with Gasteiger partial charge in [0.1, 0.15) is 0 Å². The van der Waals surface area contributed by atoms with Gasteiger partial charge >= 0.3 is 5.97 Å². The maximum atomic E-state index is 11.4. The highest BCUT2D eigenvalue weighted by molar-refractivity contribution is 5.88. The van der Waals surface area contributed by atoms with Crippen LogP contribution in [0.25, 0.3) is 0 Å². The Hall–Kier alpha value is -1.38. The van der Waals surface area contributed by atoms with Crippen molar-refractivity contribution in [2.75, 3.05) is 7.11 Å². The van der Waals surface area contributed by atoms with Crippen molar-refractivity contribution in [2.24, 2.45) is 0 Å². The topological polar surface area (TPSA) is 68.6 Å². The van der Waals surface area contributed by atoms with Crippen LogP contribution in [-0.2, 0) is 19.3 Å². The quantitative estimate of drug-likeness (QED) is 0.219. The Morgan fingerprint density at radius 1 is 1.50 bits per heavy atom. The monoisotopic (exact) mass is 227 g/mol. The van der Waals surface area contributed by atoms with Gasteiger partial charge < -0.3 is 4.74 Å². The van der Waals surface area contributed by atoms with Gasteiger partial charge in [-0.25, -0.2) is 4.79 Å². The summed E-state index contributed by atoms with van der Waals surface area (Å²) >= 11 is 0. The Labute approximate surface area is 95.5 Å². The number of ether oxygens (including phenoxy) is 1. The van der Waals surface area contributed by atoms with Crippen LogP contribution in [-0.4, -0.2) is 19.4 Å². The SMILES string of the molecule is CCC/C(=C\C#N)C(=O)OOC(CC)OC. The molecule has 5 heteroatoms. The summed E-state index contributed by atoms with van der Waals surface area (Å²) < 4.78 is 4.87. The normalized spacial score (nSPS) is 13.0. The van der Waals surface area contributed by atoms with E-state index >= 15 is 0 Å². The van der Waals surface area contributed by atoms with E-state index < -0.39 is 12.3 Å². The number of hydrogen-bond acceptors (Lipinski definition) is 5. The molecule has 0 aromatic rings. The summed E-state index contributed by atoms with van der Waals surface area (Å²) in [4.78, 5) is 20.8. The van der Waals surface area contributed by atoms with Gasteiger partial charge in [-0.1, -0.05) is 20.3 Å². The first kappa shape index (κ1) is 14.6. The van der Waals surface area contributed by atoms with Crippen LogP contribution in [0.5, 0.6) is 0 Å². The van der Waals surface area contributed by atoms with Crippen molar-refractivity contribution in [1.82, 2.24) is 0 Å². The summed E-state index contributed by atoms with van der Waals surface area (Å²) in [6.45, 7) is 3.74. The molecular weight excluding hydrogens is 210 g/mol. The van der Waals surface area contributed by atoms with Crippen LogP contribution in [0.4, 0.5) is 0 Å². The second-order valence-electron chi connectivity index (χ2n) is 3.09. The van der Waals surface area contributed by atoms with E-state index in [1.165, 1.54) is 13.2 Å². The van der Waals surface area contributed by atoms with E-state index in [1.54, 1.807) is 6.07 Å². The molecule has 0 aliphatic rings. The zero-order chi connectivity index (χ0) is 12.4. The van der Waals surface area contributed by atoms with E-state index in [-0.39, 0.29) is 0 Å². The third-order valence-electron chi connectivity index (χ3n) is 1.85. The van der Waals surface area contributed by atoms with Crippen LogP contribution in [0, 0.1) is 11.3 Å². The highest BCUT2D eigenvalue weighted by Gasteiger charge is 2.14. The van der Waals surface area contributed by atoms with Crippen molar-refractivity contribution in [3.05, 3.63) is 11.6 Å². The fraction of sp³-hybridized carbons (Fsp3) is 0.636. The minimum absolute atomic E-state index is 0.302. The van der Waals surface area contributed by atoms with Gasteiger partial charge in [0.05, 0.1) is 11.6 Å². The summed E-state index contributed by atoms with van der Waals surface area (Å²) in [7, 11) is 1.46. The molecule has 0 aromatic heterocycles. The molecule has 5 nitrogen and oxygen atoms in total. The van der Waals surface area contributed by atoms with Gasteiger partial charge in [-0.2, -0.15) is 10.1 Å². The number of carbonyl (C=O) groups excluding carboxylic acids is 1. The molecule has 0 saturated carbocycles. The van der Waals surface area contributed by atoms with Crippen LogP contribution >= 0.6 is 0 Å². The van der Waals surface area contributed by atoms with Crippen molar-refractivity contribution in [3.63, 3.8) is 0 Å². The van der Waals surface area contributed by atoms with Crippen molar-refractivity contribution >= 4 is 5.97 Å². The first-order valence-electron chi connectivity index (χ1n) is 5.18. The molecule has 0 spiro atoms. The minimum atomic E-state index is -0.640. The maximum Gasteiger partial charge on any atom is 0.369 e. The molecule has 0 heterocycles. The molecule has 0 saturated heterocycles. The molecule has 0 rings (SSSR count).